The Labute approximate surface area is 96.2 Å². The first kappa shape index (κ1) is 11.1. The van der Waals surface area contributed by atoms with Gasteiger partial charge in [0.25, 0.3) is 0 Å². The van der Waals surface area contributed by atoms with Gasteiger partial charge in [0.1, 0.15) is 0 Å². The molecular formula is C13H18N2O. The molecule has 1 saturated carbocycles. The highest BCUT2D eigenvalue weighted by Gasteiger charge is 2.50. The van der Waals surface area contributed by atoms with Crippen LogP contribution in [0.2, 0.25) is 0 Å². The molecule has 1 fully saturated rings. The Balaban J connectivity index is 2.23. The molecule has 0 saturated heterocycles. The Morgan fingerprint density at radius 2 is 2.06 bits per heavy atom. The predicted octanol–water partition coefficient (Wildman–Crippen LogP) is 1.70. The molecule has 3 heteroatoms. The molecule has 1 amide bonds. The lowest BCUT2D eigenvalue weighted by Gasteiger charge is -2.24. The number of para-hydroxylation sites is 1. The van der Waals surface area contributed by atoms with E-state index in [0.29, 0.717) is 6.54 Å². The molecule has 1 aromatic carbocycles. The van der Waals surface area contributed by atoms with Crippen LogP contribution in [0.5, 0.6) is 0 Å². The van der Waals surface area contributed by atoms with E-state index in [9.17, 15) is 4.79 Å². The number of carbonyl (C=O) groups is 1. The zero-order chi connectivity index (χ0) is 11.8. The van der Waals surface area contributed by atoms with Crippen molar-refractivity contribution in [3.63, 3.8) is 0 Å². The Hall–Kier alpha value is -1.35. The number of hydrogen-bond acceptors (Lipinski definition) is 2. The van der Waals surface area contributed by atoms with Crippen LogP contribution >= 0.6 is 0 Å². The number of carbonyl (C=O) groups excluding carboxylic acids is 1. The number of nitrogens with two attached hydrogens (primary N) is 1. The van der Waals surface area contributed by atoms with Gasteiger partial charge in [-0.2, -0.15) is 0 Å². The van der Waals surface area contributed by atoms with Gasteiger partial charge < -0.3 is 10.6 Å². The van der Waals surface area contributed by atoms with Crippen LogP contribution in [0.25, 0.3) is 0 Å². The van der Waals surface area contributed by atoms with Gasteiger partial charge in [-0.1, -0.05) is 18.2 Å². The fourth-order valence-electron chi connectivity index (χ4n) is 2.06. The molecule has 0 bridgehead atoms. The molecule has 0 heterocycles. The number of anilines is 1. The van der Waals surface area contributed by atoms with Crippen LogP contribution in [-0.2, 0) is 4.79 Å². The first-order valence-corrected chi connectivity index (χ1v) is 5.64. The van der Waals surface area contributed by atoms with Crippen LogP contribution in [0.1, 0.15) is 18.4 Å². The monoisotopic (exact) mass is 218 g/mol. The number of aryl methyl sites for hydroxylation is 1. The molecule has 2 N–H and O–H groups in total. The van der Waals surface area contributed by atoms with E-state index in [0.717, 1.165) is 24.1 Å². The van der Waals surface area contributed by atoms with Gasteiger partial charge in [-0.05, 0) is 31.4 Å². The largest absolute Gasteiger partial charge is 0.329 e. The van der Waals surface area contributed by atoms with E-state index in [4.69, 9.17) is 5.73 Å². The Morgan fingerprint density at radius 3 is 2.56 bits per heavy atom. The molecule has 3 nitrogen and oxygen atoms in total. The van der Waals surface area contributed by atoms with Crippen LogP contribution in [0.15, 0.2) is 24.3 Å². The smallest absolute Gasteiger partial charge is 0.234 e. The summed E-state index contributed by atoms with van der Waals surface area (Å²) in [6.45, 7) is 2.48. The summed E-state index contributed by atoms with van der Waals surface area (Å²) in [6, 6.07) is 7.92. The lowest BCUT2D eigenvalue weighted by atomic mass is 10.0. The summed E-state index contributed by atoms with van der Waals surface area (Å²) in [7, 11) is 1.83. The van der Waals surface area contributed by atoms with Crippen molar-refractivity contribution in [1.82, 2.24) is 0 Å². The molecule has 0 radical (unpaired) electrons. The molecule has 1 aliphatic rings. The van der Waals surface area contributed by atoms with Crippen LogP contribution in [0, 0.1) is 12.3 Å². The van der Waals surface area contributed by atoms with Crippen molar-refractivity contribution in [3.8, 4) is 0 Å². The number of nitrogens with zero attached hydrogens (tertiary/aromatic N) is 1. The lowest BCUT2D eigenvalue weighted by Crippen LogP contribution is -2.38. The zero-order valence-corrected chi connectivity index (χ0v) is 9.86. The average molecular weight is 218 g/mol. The summed E-state index contributed by atoms with van der Waals surface area (Å²) in [6.07, 6.45) is 1.86. The third kappa shape index (κ3) is 1.71. The van der Waals surface area contributed by atoms with Crippen LogP contribution in [0.3, 0.4) is 0 Å². The van der Waals surface area contributed by atoms with Gasteiger partial charge in [-0.15, -0.1) is 0 Å². The highest BCUT2D eigenvalue weighted by molar-refractivity contribution is 5.99. The second kappa shape index (κ2) is 3.91. The van der Waals surface area contributed by atoms with E-state index >= 15 is 0 Å². The minimum atomic E-state index is -0.267. The molecule has 2 rings (SSSR count). The van der Waals surface area contributed by atoms with Crippen LogP contribution in [-0.4, -0.2) is 19.5 Å². The molecule has 0 spiro atoms. The van der Waals surface area contributed by atoms with Gasteiger partial charge in [0.15, 0.2) is 0 Å². The van der Waals surface area contributed by atoms with Crippen molar-refractivity contribution in [1.29, 1.82) is 0 Å². The molecular weight excluding hydrogens is 200 g/mol. The standard InChI is InChI=1S/C13H18N2O/c1-10-5-3-4-6-11(10)15(2)12(16)13(9-14)7-8-13/h3-6H,7-9,14H2,1-2H3. The Bertz CT molecular complexity index is 410. The van der Waals surface area contributed by atoms with Gasteiger partial charge in [0.05, 0.1) is 5.41 Å². The predicted molar refractivity (Wildman–Crippen MR) is 65.3 cm³/mol. The van der Waals surface area contributed by atoms with Crippen molar-refractivity contribution >= 4 is 11.6 Å². The van der Waals surface area contributed by atoms with Gasteiger partial charge in [0.2, 0.25) is 5.91 Å². The molecule has 16 heavy (non-hydrogen) atoms. The average Bonchev–Trinajstić information content (AvgIpc) is 3.09. The molecule has 86 valence electrons. The minimum Gasteiger partial charge on any atom is -0.329 e. The van der Waals surface area contributed by atoms with Crippen LogP contribution < -0.4 is 10.6 Å². The summed E-state index contributed by atoms with van der Waals surface area (Å²) in [5.74, 6) is 0.157. The van der Waals surface area contributed by atoms with E-state index in [1.165, 1.54) is 0 Å². The maximum atomic E-state index is 12.3. The van der Waals surface area contributed by atoms with Gasteiger partial charge in [-0.3, -0.25) is 4.79 Å². The summed E-state index contributed by atoms with van der Waals surface area (Å²) >= 11 is 0. The maximum Gasteiger partial charge on any atom is 0.234 e. The lowest BCUT2D eigenvalue weighted by molar-refractivity contribution is -0.123. The molecule has 0 unspecified atom stereocenters. The van der Waals surface area contributed by atoms with Gasteiger partial charge >= 0.3 is 0 Å². The Kier molecular flexibility index (Phi) is 2.72. The maximum absolute atomic E-state index is 12.3. The molecule has 0 atom stereocenters. The summed E-state index contributed by atoms with van der Waals surface area (Å²) in [5, 5.41) is 0. The van der Waals surface area contributed by atoms with Crippen molar-refractivity contribution in [2.45, 2.75) is 19.8 Å². The van der Waals surface area contributed by atoms with Gasteiger partial charge in [-0.25, -0.2) is 0 Å². The van der Waals surface area contributed by atoms with E-state index < -0.39 is 0 Å². The first-order chi connectivity index (χ1) is 7.60. The first-order valence-electron chi connectivity index (χ1n) is 5.64. The van der Waals surface area contributed by atoms with Crippen molar-refractivity contribution in [2.75, 3.05) is 18.5 Å². The molecule has 0 aromatic heterocycles. The molecule has 0 aliphatic heterocycles. The second-order valence-corrected chi connectivity index (χ2v) is 4.64. The third-order valence-electron chi connectivity index (χ3n) is 3.48. The SMILES string of the molecule is Cc1ccccc1N(C)C(=O)C1(CN)CC1. The van der Waals surface area contributed by atoms with Crippen molar-refractivity contribution in [2.24, 2.45) is 11.1 Å². The summed E-state index contributed by atoms with van der Waals surface area (Å²) in [4.78, 5) is 14.0. The fraction of sp³-hybridized carbons (Fsp3) is 0.462. The van der Waals surface area contributed by atoms with E-state index in [2.05, 4.69) is 0 Å². The molecule has 1 aliphatic carbocycles. The second-order valence-electron chi connectivity index (χ2n) is 4.64. The van der Waals surface area contributed by atoms with E-state index in [1.807, 2.05) is 38.2 Å². The van der Waals surface area contributed by atoms with E-state index in [-0.39, 0.29) is 11.3 Å². The summed E-state index contributed by atoms with van der Waals surface area (Å²) in [5.41, 5.74) is 7.51. The molecule has 1 aromatic rings. The fourth-order valence-corrected chi connectivity index (χ4v) is 2.06. The Morgan fingerprint density at radius 1 is 1.44 bits per heavy atom. The minimum absolute atomic E-state index is 0.157. The summed E-state index contributed by atoms with van der Waals surface area (Å²) < 4.78 is 0. The topological polar surface area (TPSA) is 46.3 Å². The van der Waals surface area contributed by atoms with Crippen molar-refractivity contribution in [3.05, 3.63) is 29.8 Å². The van der Waals surface area contributed by atoms with Crippen LogP contribution in [0.4, 0.5) is 5.69 Å². The quantitative estimate of drug-likeness (QED) is 0.839. The number of amides is 1. The zero-order valence-electron chi connectivity index (χ0n) is 9.86. The highest BCUT2D eigenvalue weighted by Crippen LogP contribution is 2.46. The number of rotatable bonds is 3. The highest BCUT2D eigenvalue weighted by atomic mass is 16.2. The van der Waals surface area contributed by atoms with E-state index in [1.54, 1.807) is 4.90 Å². The third-order valence-corrected chi connectivity index (χ3v) is 3.48. The van der Waals surface area contributed by atoms with Crippen molar-refractivity contribution < 1.29 is 4.79 Å². The normalized spacial score (nSPS) is 16.9. The number of hydrogen-bond donors (Lipinski definition) is 1. The van der Waals surface area contributed by atoms with Gasteiger partial charge in [0, 0.05) is 19.3 Å². The number of benzene rings is 1.